The van der Waals surface area contributed by atoms with E-state index in [9.17, 15) is 9.18 Å². The minimum atomic E-state index is -0.363. The van der Waals surface area contributed by atoms with Crippen LogP contribution >= 0.6 is 11.6 Å². The average molecular weight is 347 g/mol. The van der Waals surface area contributed by atoms with Gasteiger partial charge in [-0.1, -0.05) is 42.6 Å². The highest BCUT2D eigenvalue weighted by Crippen LogP contribution is 2.31. The van der Waals surface area contributed by atoms with E-state index in [1.165, 1.54) is 12.1 Å². The molecular weight excluding hydrogens is 327 g/mol. The van der Waals surface area contributed by atoms with Gasteiger partial charge in [0.1, 0.15) is 5.82 Å². The smallest absolute Gasteiger partial charge is 0.317 e. The molecule has 0 unspecified atom stereocenters. The minimum absolute atomic E-state index is 0.0123. The fourth-order valence-corrected chi connectivity index (χ4v) is 3.27. The molecule has 0 spiro atoms. The van der Waals surface area contributed by atoms with Gasteiger partial charge in [0, 0.05) is 17.3 Å². The average Bonchev–Trinajstić information content (AvgIpc) is 2.81. The number of carbonyl (C=O) groups excluding carboxylic acids is 1. The normalized spacial score (nSPS) is 18.1. The summed E-state index contributed by atoms with van der Waals surface area (Å²) in [5.41, 5.74) is 1.55. The first-order chi connectivity index (χ1) is 11.6. The number of nitrogens with one attached hydrogen (secondary N) is 1. The van der Waals surface area contributed by atoms with E-state index >= 15 is 0 Å². The molecule has 5 heteroatoms. The number of benzene rings is 2. The Labute approximate surface area is 146 Å². The molecule has 3 nitrogen and oxygen atoms in total. The SMILES string of the molecule is O=C(Nc1cccc(F)c1)N1CCCCC[C@H]1c1ccc(Cl)cc1. The summed E-state index contributed by atoms with van der Waals surface area (Å²) in [5, 5.41) is 3.50. The lowest BCUT2D eigenvalue weighted by Gasteiger charge is -2.30. The van der Waals surface area contributed by atoms with Crippen molar-refractivity contribution in [3.05, 3.63) is 64.9 Å². The van der Waals surface area contributed by atoms with Gasteiger partial charge >= 0.3 is 6.03 Å². The second-order valence-electron chi connectivity index (χ2n) is 6.05. The van der Waals surface area contributed by atoms with E-state index in [0.717, 1.165) is 31.2 Å². The molecule has 2 aromatic rings. The van der Waals surface area contributed by atoms with Crippen molar-refractivity contribution in [2.75, 3.05) is 11.9 Å². The maximum Gasteiger partial charge on any atom is 0.322 e. The lowest BCUT2D eigenvalue weighted by Crippen LogP contribution is -2.38. The highest BCUT2D eigenvalue weighted by Gasteiger charge is 2.26. The van der Waals surface area contributed by atoms with Crippen molar-refractivity contribution < 1.29 is 9.18 Å². The van der Waals surface area contributed by atoms with Crippen LogP contribution in [0.25, 0.3) is 0 Å². The van der Waals surface area contributed by atoms with Crippen molar-refractivity contribution in [2.45, 2.75) is 31.7 Å². The number of amides is 2. The van der Waals surface area contributed by atoms with Crippen molar-refractivity contribution in [1.82, 2.24) is 4.90 Å². The van der Waals surface area contributed by atoms with Crippen molar-refractivity contribution in [1.29, 1.82) is 0 Å². The van der Waals surface area contributed by atoms with Crippen LogP contribution in [0, 0.1) is 5.82 Å². The molecule has 126 valence electrons. The summed E-state index contributed by atoms with van der Waals surface area (Å²) < 4.78 is 13.3. The Bertz CT molecular complexity index is 705. The Hall–Kier alpha value is -2.07. The van der Waals surface area contributed by atoms with Crippen LogP contribution in [0.1, 0.15) is 37.3 Å². The first kappa shape index (κ1) is 16.8. The zero-order valence-electron chi connectivity index (χ0n) is 13.3. The molecule has 0 aliphatic carbocycles. The number of likely N-dealkylation sites (tertiary alicyclic amines) is 1. The molecule has 1 saturated heterocycles. The third-order valence-corrected chi connectivity index (χ3v) is 4.60. The number of rotatable bonds is 2. The molecule has 0 radical (unpaired) electrons. The predicted molar refractivity (Wildman–Crippen MR) is 94.8 cm³/mol. The molecule has 3 rings (SSSR count). The molecule has 1 N–H and O–H groups in total. The molecule has 2 amide bonds. The Kier molecular flexibility index (Phi) is 5.36. The first-order valence-electron chi connectivity index (χ1n) is 8.22. The summed E-state index contributed by atoms with van der Waals surface area (Å²) in [5.74, 6) is -0.363. The monoisotopic (exact) mass is 346 g/mol. The van der Waals surface area contributed by atoms with Gasteiger partial charge in [-0.2, -0.15) is 0 Å². The van der Waals surface area contributed by atoms with Gasteiger partial charge in [-0.05, 0) is 48.7 Å². The fourth-order valence-electron chi connectivity index (χ4n) is 3.14. The van der Waals surface area contributed by atoms with Crippen LogP contribution in [-0.4, -0.2) is 17.5 Å². The zero-order valence-corrected chi connectivity index (χ0v) is 14.1. The highest BCUT2D eigenvalue weighted by molar-refractivity contribution is 6.30. The second-order valence-corrected chi connectivity index (χ2v) is 6.49. The van der Waals surface area contributed by atoms with E-state index < -0.39 is 0 Å². The number of carbonyl (C=O) groups is 1. The van der Waals surface area contributed by atoms with Gasteiger partial charge in [0.2, 0.25) is 0 Å². The third-order valence-electron chi connectivity index (χ3n) is 4.34. The number of anilines is 1. The van der Waals surface area contributed by atoms with Gasteiger partial charge < -0.3 is 10.2 Å². The summed E-state index contributed by atoms with van der Waals surface area (Å²) in [6.45, 7) is 0.689. The number of urea groups is 1. The lowest BCUT2D eigenvalue weighted by atomic mass is 10.0. The number of hydrogen-bond donors (Lipinski definition) is 1. The van der Waals surface area contributed by atoms with E-state index in [1.807, 2.05) is 29.2 Å². The van der Waals surface area contributed by atoms with Gasteiger partial charge in [0.05, 0.1) is 6.04 Å². The van der Waals surface area contributed by atoms with Crippen molar-refractivity contribution >= 4 is 23.3 Å². The van der Waals surface area contributed by atoms with Gasteiger partial charge in [0.15, 0.2) is 0 Å². The zero-order chi connectivity index (χ0) is 16.9. The molecular formula is C19H20ClFN2O. The molecule has 1 aliphatic heterocycles. The van der Waals surface area contributed by atoms with Crippen molar-refractivity contribution in [3.8, 4) is 0 Å². The van der Waals surface area contributed by atoms with E-state index in [4.69, 9.17) is 11.6 Å². The third kappa shape index (κ3) is 4.06. The van der Waals surface area contributed by atoms with Gasteiger partial charge in [-0.3, -0.25) is 0 Å². The summed E-state index contributed by atoms with van der Waals surface area (Å²) in [4.78, 5) is 14.6. The van der Waals surface area contributed by atoms with Crippen LogP contribution in [0.2, 0.25) is 5.02 Å². The van der Waals surface area contributed by atoms with E-state index in [-0.39, 0.29) is 17.9 Å². The molecule has 1 aliphatic rings. The molecule has 1 atom stereocenters. The predicted octanol–water partition coefficient (Wildman–Crippen LogP) is 5.63. The number of nitrogens with zero attached hydrogens (tertiary/aromatic N) is 1. The molecule has 0 aromatic heterocycles. The Morgan fingerprint density at radius 3 is 2.67 bits per heavy atom. The molecule has 1 fully saturated rings. The Balaban J connectivity index is 1.81. The largest absolute Gasteiger partial charge is 0.322 e. The van der Waals surface area contributed by atoms with Gasteiger partial charge in [-0.15, -0.1) is 0 Å². The first-order valence-corrected chi connectivity index (χ1v) is 8.60. The summed E-state index contributed by atoms with van der Waals surface area (Å²) in [6, 6.07) is 13.4. The maximum atomic E-state index is 13.3. The maximum absolute atomic E-state index is 13.3. The van der Waals surface area contributed by atoms with E-state index in [1.54, 1.807) is 12.1 Å². The van der Waals surface area contributed by atoms with Crippen LogP contribution in [-0.2, 0) is 0 Å². The van der Waals surface area contributed by atoms with Crippen LogP contribution < -0.4 is 5.32 Å². The molecule has 2 aromatic carbocycles. The minimum Gasteiger partial charge on any atom is -0.317 e. The van der Waals surface area contributed by atoms with Crippen molar-refractivity contribution in [2.24, 2.45) is 0 Å². The lowest BCUT2D eigenvalue weighted by molar-refractivity contribution is 0.189. The van der Waals surface area contributed by atoms with E-state index in [0.29, 0.717) is 17.3 Å². The van der Waals surface area contributed by atoms with Crippen LogP contribution in [0.15, 0.2) is 48.5 Å². The van der Waals surface area contributed by atoms with E-state index in [2.05, 4.69) is 5.32 Å². The molecule has 0 saturated carbocycles. The Morgan fingerprint density at radius 2 is 1.92 bits per heavy atom. The van der Waals surface area contributed by atoms with Gasteiger partial charge in [0.25, 0.3) is 0 Å². The van der Waals surface area contributed by atoms with Crippen LogP contribution in [0.4, 0.5) is 14.9 Å². The second kappa shape index (κ2) is 7.67. The standard InChI is InChI=1S/C19H20ClFN2O/c20-15-10-8-14(9-11-15)18-7-2-1-3-12-23(18)19(24)22-17-6-4-5-16(21)13-17/h4-6,8-11,13,18H,1-3,7,12H2,(H,22,24)/t18-/m0/s1. The summed E-state index contributed by atoms with van der Waals surface area (Å²) in [7, 11) is 0. The highest BCUT2D eigenvalue weighted by atomic mass is 35.5. The fraction of sp³-hybridized carbons (Fsp3) is 0.316. The summed E-state index contributed by atoms with van der Waals surface area (Å²) in [6.07, 6.45) is 4.07. The topological polar surface area (TPSA) is 32.3 Å². The molecule has 0 bridgehead atoms. The summed E-state index contributed by atoms with van der Waals surface area (Å²) >= 11 is 5.98. The van der Waals surface area contributed by atoms with Crippen LogP contribution in [0.3, 0.4) is 0 Å². The Morgan fingerprint density at radius 1 is 1.12 bits per heavy atom. The number of halogens is 2. The quantitative estimate of drug-likeness (QED) is 0.751. The van der Waals surface area contributed by atoms with Crippen molar-refractivity contribution in [3.63, 3.8) is 0 Å². The molecule has 1 heterocycles. The molecule has 24 heavy (non-hydrogen) atoms. The van der Waals surface area contributed by atoms with Gasteiger partial charge in [-0.25, -0.2) is 9.18 Å². The van der Waals surface area contributed by atoms with Crippen LogP contribution in [0.5, 0.6) is 0 Å². The number of hydrogen-bond acceptors (Lipinski definition) is 1.